The first-order valence-electron chi connectivity index (χ1n) is 8.06. The highest BCUT2D eigenvalue weighted by molar-refractivity contribution is 5.96. The second kappa shape index (κ2) is 7.35. The molecule has 3 N–H and O–H groups in total. The van der Waals surface area contributed by atoms with E-state index in [1.165, 1.54) is 30.3 Å². The highest BCUT2D eigenvalue weighted by Crippen LogP contribution is 2.30. The molecular formula is C21H17F2NO2. The van der Waals surface area contributed by atoms with Crippen molar-refractivity contribution < 1.29 is 18.7 Å². The zero-order chi connectivity index (χ0) is 18.7. The third-order valence-corrected chi connectivity index (χ3v) is 4.25. The molecule has 3 rings (SSSR count). The number of rotatable bonds is 5. The summed E-state index contributed by atoms with van der Waals surface area (Å²) < 4.78 is 26.2. The van der Waals surface area contributed by atoms with Gasteiger partial charge < -0.3 is 10.8 Å². The Morgan fingerprint density at radius 3 is 1.81 bits per heavy atom. The van der Waals surface area contributed by atoms with Gasteiger partial charge in [-0.3, -0.25) is 4.79 Å². The van der Waals surface area contributed by atoms with Gasteiger partial charge in [-0.2, -0.15) is 0 Å². The summed E-state index contributed by atoms with van der Waals surface area (Å²) in [4.78, 5) is 11.5. The summed E-state index contributed by atoms with van der Waals surface area (Å²) in [6.45, 7) is 0. The lowest BCUT2D eigenvalue weighted by molar-refractivity contribution is 0.0997. The molecule has 5 heteroatoms. The fourth-order valence-electron chi connectivity index (χ4n) is 2.87. The van der Waals surface area contributed by atoms with Crippen LogP contribution < -0.4 is 5.73 Å². The number of amides is 1. The third-order valence-electron chi connectivity index (χ3n) is 4.25. The average Bonchev–Trinajstić information content (AvgIpc) is 2.61. The number of hydrogen-bond acceptors (Lipinski definition) is 2. The molecule has 0 radical (unpaired) electrons. The van der Waals surface area contributed by atoms with Gasteiger partial charge in [0.15, 0.2) is 0 Å². The molecule has 0 aliphatic carbocycles. The van der Waals surface area contributed by atoms with Gasteiger partial charge in [0.1, 0.15) is 17.4 Å². The summed E-state index contributed by atoms with van der Waals surface area (Å²) in [6.07, 6.45) is 0.757. The minimum atomic E-state index is -0.726. The van der Waals surface area contributed by atoms with Crippen LogP contribution in [0, 0.1) is 11.6 Å². The second-order valence-electron chi connectivity index (χ2n) is 6.07. The first-order chi connectivity index (χ1) is 12.4. The van der Waals surface area contributed by atoms with Crippen LogP contribution in [0.1, 0.15) is 32.6 Å². The maximum atomic E-state index is 13.1. The van der Waals surface area contributed by atoms with E-state index in [0.717, 1.165) is 16.7 Å². The molecule has 0 aliphatic rings. The zero-order valence-electron chi connectivity index (χ0n) is 13.9. The van der Waals surface area contributed by atoms with Crippen LogP contribution >= 0.6 is 0 Å². The smallest absolute Gasteiger partial charge is 0.252 e. The molecule has 26 heavy (non-hydrogen) atoms. The average molecular weight is 353 g/mol. The topological polar surface area (TPSA) is 63.3 Å². The largest absolute Gasteiger partial charge is 0.507 e. The van der Waals surface area contributed by atoms with E-state index >= 15 is 0 Å². The van der Waals surface area contributed by atoms with E-state index < -0.39 is 5.91 Å². The quantitative estimate of drug-likeness (QED) is 0.729. The van der Waals surface area contributed by atoms with Gasteiger partial charge in [-0.15, -0.1) is 0 Å². The van der Waals surface area contributed by atoms with E-state index in [1.807, 2.05) is 0 Å². The summed E-state index contributed by atoms with van der Waals surface area (Å²) >= 11 is 0. The molecule has 0 spiro atoms. The summed E-state index contributed by atoms with van der Waals surface area (Å²) in [7, 11) is 0. The Balaban J connectivity index is 2.02. The van der Waals surface area contributed by atoms with Crippen molar-refractivity contribution in [2.45, 2.75) is 12.8 Å². The Morgan fingerprint density at radius 1 is 0.808 bits per heavy atom. The summed E-state index contributed by atoms with van der Waals surface area (Å²) in [5.74, 6) is -1.58. The van der Waals surface area contributed by atoms with E-state index in [-0.39, 0.29) is 22.9 Å². The monoisotopic (exact) mass is 353 g/mol. The number of primary amides is 1. The molecule has 0 atom stereocenters. The lowest BCUT2D eigenvalue weighted by atomic mass is 9.92. The van der Waals surface area contributed by atoms with Crippen LogP contribution in [-0.4, -0.2) is 11.0 Å². The van der Waals surface area contributed by atoms with E-state index in [2.05, 4.69) is 0 Å². The number of aromatic hydroxyl groups is 1. The summed E-state index contributed by atoms with van der Waals surface area (Å²) in [5, 5.41) is 10.5. The molecule has 0 aromatic heterocycles. The van der Waals surface area contributed by atoms with Gasteiger partial charge in [-0.05, 0) is 53.4 Å². The van der Waals surface area contributed by atoms with Crippen LogP contribution in [0.15, 0.2) is 60.7 Å². The number of carbonyl (C=O) groups excluding carboxylic acids is 1. The predicted octanol–water partition coefficient (Wildman–Crippen LogP) is 3.95. The number of benzene rings is 3. The van der Waals surface area contributed by atoms with E-state index in [9.17, 15) is 18.7 Å². The van der Waals surface area contributed by atoms with Crippen LogP contribution in [-0.2, 0) is 12.8 Å². The highest BCUT2D eigenvalue weighted by Gasteiger charge is 2.17. The number of phenols is 1. The van der Waals surface area contributed by atoms with Gasteiger partial charge in [-0.1, -0.05) is 30.3 Å². The lowest BCUT2D eigenvalue weighted by Crippen LogP contribution is -2.13. The van der Waals surface area contributed by atoms with E-state index in [1.54, 1.807) is 30.3 Å². The minimum Gasteiger partial charge on any atom is -0.507 e. The molecule has 3 nitrogen and oxygen atoms in total. The van der Waals surface area contributed by atoms with Crippen LogP contribution in [0.4, 0.5) is 8.78 Å². The van der Waals surface area contributed by atoms with Gasteiger partial charge in [0.2, 0.25) is 0 Å². The molecular weight excluding hydrogens is 336 g/mol. The first kappa shape index (κ1) is 17.6. The molecule has 132 valence electrons. The molecule has 3 aromatic carbocycles. The molecule has 0 fully saturated rings. The molecule has 0 bridgehead atoms. The SMILES string of the molecule is NC(=O)c1ccc(Cc2ccc(F)cc2)c(Cc2ccc(F)cc2)c1O. The van der Waals surface area contributed by atoms with Gasteiger partial charge in [0, 0.05) is 12.0 Å². The van der Waals surface area contributed by atoms with Crippen molar-refractivity contribution in [3.63, 3.8) is 0 Å². The van der Waals surface area contributed by atoms with Crippen molar-refractivity contribution in [1.29, 1.82) is 0 Å². The predicted molar refractivity (Wildman–Crippen MR) is 95.0 cm³/mol. The Morgan fingerprint density at radius 2 is 1.31 bits per heavy atom. The molecule has 0 saturated heterocycles. The first-order valence-corrected chi connectivity index (χ1v) is 8.06. The molecule has 0 heterocycles. The number of carbonyl (C=O) groups is 1. The fraction of sp³-hybridized carbons (Fsp3) is 0.0952. The number of halogens is 2. The Hall–Kier alpha value is -3.21. The molecule has 0 saturated carbocycles. The van der Waals surface area contributed by atoms with E-state index in [0.29, 0.717) is 18.4 Å². The van der Waals surface area contributed by atoms with Crippen LogP contribution in [0.5, 0.6) is 5.75 Å². The fourth-order valence-corrected chi connectivity index (χ4v) is 2.87. The van der Waals surface area contributed by atoms with Crippen molar-refractivity contribution in [2.75, 3.05) is 0 Å². The van der Waals surface area contributed by atoms with Crippen LogP contribution in [0.3, 0.4) is 0 Å². The maximum absolute atomic E-state index is 13.1. The Labute approximate surface area is 149 Å². The van der Waals surface area contributed by atoms with Crippen LogP contribution in [0.2, 0.25) is 0 Å². The number of nitrogens with two attached hydrogens (primary N) is 1. The zero-order valence-corrected chi connectivity index (χ0v) is 13.9. The maximum Gasteiger partial charge on any atom is 0.252 e. The summed E-state index contributed by atoms with van der Waals surface area (Å²) in [6, 6.07) is 15.2. The Kier molecular flexibility index (Phi) is 4.98. The molecule has 0 aliphatic heterocycles. The second-order valence-corrected chi connectivity index (χ2v) is 6.07. The molecule has 3 aromatic rings. The highest BCUT2D eigenvalue weighted by atomic mass is 19.1. The standard InChI is InChI=1S/C21H17F2NO2/c22-16-6-1-13(2-7-16)11-15-5-10-18(21(24)26)20(25)19(15)12-14-3-8-17(23)9-4-14/h1-10,25H,11-12H2,(H2,24,26). The normalized spacial score (nSPS) is 10.7. The van der Waals surface area contributed by atoms with Crippen molar-refractivity contribution in [3.8, 4) is 5.75 Å². The van der Waals surface area contributed by atoms with Crippen molar-refractivity contribution in [2.24, 2.45) is 5.73 Å². The number of hydrogen-bond donors (Lipinski definition) is 2. The van der Waals surface area contributed by atoms with Crippen LogP contribution in [0.25, 0.3) is 0 Å². The Bertz CT molecular complexity index is 935. The van der Waals surface area contributed by atoms with Crippen molar-refractivity contribution in [3.05, 3.63) is 100 Å². The third kappa shape index (κ3) is 3.88. The van der Waals surface area contributed by atoms with Gasteiger partial charge in [0.05, 0.1) is 5.56 Å². The molecule has 1 amide bonds. The minimum absolute atomic E-state index is 0.0324. The van der Waals surface area contributed by atoms with Gasteiger partial charge in [0.25, 0.3) is 5.91 Å². The van der Waals surface area contributed by atoms with Gasteiger partial charge >= 0.3 is 0 Å². The molecule has 0 unspecified atom stereocenters. The summed E-state index contributed by atoms with van der Waals surface area (Å²) in [5.41, 5.74) is 8.32. The van der Waals surface area contributed by atoms with Gasteiger partial charge in [-0.25, -0.2) is 8.78 Å². The lowest BCUT2D eigenvalue weighted by Gasteiger charge is -2.14. The van der Waals surface area contributed by atoms with E-state index in [4.69, 9.17) is 5.73 Å². The van der Waals surface area contributed by atoms with Crippen molar-refractivity contribution in [1.82, 2.24) is 0 Å². The van der Waals surface area contributed by atoms with Crippen molar-refractivity contribution >= 4 is 5.91 Å².